The Balaban J connectivity index is 1.70. The number of aromatic nitrogens is 6. The molecule has 32 heavy (non-hydrogen) atoms. The number of benzene rings is 2. The third kappa shape index (κ3) is 4.86. The van der Waals surface area contributed by atoms with Crippen molar-refractivity contribution in [2.45, 2.75) is 23.9 Å². The quantitative estimate of drug-likeness (QED) is 0.424. The summed E-state index contributed by atoms with van der Waals surface area (Å²) in [6.45, 7) is 2.55. The molecule has 10 heteroatoms. The fourth-order valence-corrected chi connectivity index (χ4v) is 3.98. The second kappa shape index (κ2) is 9.31. The summed E-state index contributed by atoms with van der Waals surface area (Å²) in [5.41, 5.74) is 7.78. The first-order chi connectivity index (χ1) is 15.4. The van der Waals surface area contributed by atoms with Gasteiger partial charge in [0.25, 0.3) is 0 Å². The highest BCUT2D eigenvalue weighted by molar-refractivity contribution is 7.99. The molecule has 0 amide bonds. The van der Waals surface area contributed by atoms with E-state index < -0.39 is 0 Å². The largest absolute Gasteiger partial charge is 0.368 e. The van der Waals surface area contributed by atoms with Crippen LogP contribution < -0.4 is 10.6 Å². The highest BCUT2D eigenvalue weighted by Gasteiger charge is 2.21. The van der Waals surface area contributed by atoms with Crippen LogP contribution in [0.2, 0.25) is 0 Å². The van der Waals surface area contributed by atoms with Crippen molar-refractivity contribution in [3.63, 3.8) is 0 Å². The SMILES string of the molecule is C[C@@H](Sc1nnc(-c2ccc(F)cc2)n1Cc1ccccc1)c1nc(N)nc(N(C)C)n1. The molecule has 4 aromatic rings. The molecular formula is C22H23FN8S. The van der Waals surface area contributed by atoms with Gasteiger partial charge < -0.3 is 10.6 Å². The lowest BCUT2D eigenvalue weighted by atomic mass is 10.2. The summed E-state index contributed by atoms with van der Waals surface area (Å²) >= 11 is 1.48. The highest BCUT2D eigenvalue weighted by atomic mass is 32.2. The molecular weight excluding hydrogens is 427 g/mol. The molecule has 2 aromatic heterocycles. The fourth-order valence-electron chi connectivity index (χ4n) is 3.09. The summed E-state index contributed by atoms with van der Waals surface area (Å²) in [6.07, 6.45) is 0. The van der Waals surface area contributed by atoms with Crippen LogP contribution >= 0.6 is 11.8 Å². The summed E-state index contributed by atoms with van der Waals surface area (Å²) in [5.74, 6) is 1.59. The molecule has 0 aliphatic rings. The number of nitrogens with zero attached hydrogens (tertiary/aromatic N) is 7. The lowest BCUT2D eigenvalue weighted by Crippen LogP contribution is -2.16. The fraction of sp³-hybridized carbons (Fsp3) is 0.227. The first-order valence-electron chi connectivity index (χ1n) is 9.99. The van der Waals surface area contributed by atoms with Gasteiger partial charge in [-0.05, 0) is 36.8 Å². The summed E-state index contributed by atoms with van der Waals surface area (Å²) < 4.78 is 15.5. The van der Waals surface area contributed by atoms with Crippen LogP contribution in [0.25, 0.3) is 11.4 Å². The first-order valence-corrected chi connectivity index (χ1v) is 10.9. The van der Waals surface area contributed by atoms with Crippen LogP contribution in [-0.2, 0) is 6.54 Å². The molecule has 4 rings (SSSR count). The number of halogens is 1. The van der Waals surface area contributed by atoms with E-state index in [0.29, 0.717) is 29.3 Å². The van der Waals surface area contributed by atoms with Gasteiger partial charge in [0.1, 0.15) is 11.6 Å². The average Bonchev–Trinajstić information content (AvgIpc) is 3.16. The number of rotatable bonds is 7. The summed E-state index contributed by atoms with van der Waals surface area (Å²) in [7, 11) is 3.70. The molecule has 0 spiro atoms. The van der Waals surface area contributed by atoms with Crippen molar-refractivity contribution < 1.29 is 4.39 Å². The molecule has 0 radical (unpaired) electrons. The molecule has 0 aliphatic carbocycles. The van der Waals surface area contributed by atoms with Gasteiger partial charge in [0.15, 0.2) is 11.0 Å². The monoisotopic (exact) mass is 450 g/mol. The molecule has 0 bridgehead atoms. The molecule has 0 saturated heterocycles. The zero-order chi connectivity index (χ0) is 22.7. The first kappa shape index (κ1) is 21.7. The Morgan fingerprint density at radius 3 is 2.41 bits per heavy atom. The van der Waals surface area contributed by atoms with Crippen molar-refractivity contribution >= 4 is 23.7 Å². The molecule has 0 aliphatic heterocycles. The van der Waals surface area contributed by atoms with Crippen LogP contribution in [0.1, 0.15) is 23.6 Å². The minimum absolute atomic E-state index is 0.154. The Labute approximate surface area is 189 Å². The predicted octanol–water partition coefficient (Wildman–Crippen LogP) is 3.82. The van der Waals surface area contributed by atoms with Gasteiger partial charge in [0, 0.05) is 19.7 Å². The summed E-state index contributed by atoms with van der Waals surface area (Å²) in [6, 6.07) is 16.3. The molecule has 0 unspecified atom stereocenters. The smallest absolute Gasteiger partial charge is 0.229 e. The van der Waals surface area contributed by atoms with Crippen molar-refractivity contribution in [1.29, 1.82) is 0 Å². The van der Waals surface area contributed by atoms with Crippen LogP contribution in [0, 0.1) is 5.82 Å². The normalized spacial score (nSPS) is 12.0. The van der Waals surface area contributed by atoms with E-state index in [-0.39, 0.29) is 17.0 Å². The van der Waals surface area contributed by atoms with Crippen LogP contribution in [0.15, 0.2) is 59.8 Å². The number of anilines is 2. The van der Waals surface area contributed by atoms with Gasteiger partial charge in [-0.25, -0.2) is 4.39 Å². The van der Waals surface area contributed by atoms with Gasteiger partial charge in [-0.15, -0.1) is 10.2 Å². The lowest BCUT2D eigenvalue weighted by molar-refractivity contribution is 0.628. The van der Waals surface area contributed by atoms with Crippen molar-refractivity contribution in [1.82, 2.24) is 29.7 Å². The average molecular weight is 451 g/mol. The van der Waals surface area contributed by atoms with Crippen molar-refractivity contribution in [2.24, 2.45) is 0 Å². The van der Waals surface area contributed by atoms with Gasteiger partial charge in [-0.3, -0.25) is 4.57 Å². The van der Waals surface area contributed by atoms with E-state index >= 15 is 0 Å². The predicted molar refractivity (Wildman–Crippen MR) is 124 cm³/mol. The molecule has 0 fully saturated rings. The van der Waals surface area contributed by atoms with E-state index in [0.717, 1.165) is 11.1 Å². The van der Waals surface area contributed by atoms with Crippen LogP contribution in [0.4, 0.5) is 16.3 Å². The topological polar surface area (TPSA) is 98.6 Å². The van der Waals surface area contributed by atoms with Gasteiger partial charge >= 0.3 is 0 Å². The Bertz CT molecular complexity index is 1190. The van der Waals surface area contributed by atoms with Crippen LogP contribution in [0.5, 0.6) is 0 Å². The number of thioether (sulfide) groups is 1. The third-order valence-corrected chi connectivity index (χ3v) is 5.78. The maximum atomic E-state index is 13.5. The molecule has 8 nitrogen and oxygen atoms in total. The minimum atomic E-state index is -0.296. The molecule has 2 heterocycles. The molecule has 0 saturated carbocycles. The summed E-state index contributed by atoms with van der Waals surface area (Å²) in [5, 5.41) is 9.38. The molecule has 2 aromatic carbocycles. The van der Waals surface area contributed by atoms with E-state index in [4.69, 9.17) is 5.73 Å². The Morgan fingerprint density at radius 1 is 1.00 bits per heavy atom. The van der Waals surface area contributed by atoms with Crippen molar-refractivity contribution in [3.8, 4) is 11.4 Å². The van der Waals surface area contributed by atoms with Gasteiger partial charge in [-0.2, -0.15) is 15.0 Å². The summed E-state index contributed by atoms with van der Waals surface area (Å²) in [4.78, 5) is 14.8. The van der Waals surface area contributed by atoms with Crippen LogP contribution in [0.3, 0.4) is 0 Å². The second-order valence-electron chi connectivity index (χ2n) is 7.39. The number of nitrogen functional groups attached to an aromatic ring is 1. The second-order valence-corrected chi connectivity index (χ2v) is 8.70. The van der Waals surface area contributed by atoms with Crippen molar-refractivity contribution in [3.05, 3.63) is 71.8 Å². The Kier molecular flexibility index (Phi) is 6.31. The number of hydrogen-bond donors (Lipinski definition) is 1. The maximum absolute atomic E-state index is 13.5. The number of nitrogens with two attached hydrogens (primary N) is 1. The van der Waals surface area contributed by atoms with E-state index in [2.05, 4.69) is 25.1 Å². The van der Waals surface area contributed by atoms with Gasteiger partial charge in [0.05, 0.1) is 11.8 Å². The zero-order valence-electron chi connectivity index (χ0n) is 18.0. The standard InChI is InChI=1S/C22H23FN8S/c1-14(18-25-20(24)27-21(26-18)30(2)3)32-22-29-28-19(16-9-11-17(23)12-10-16)31(22)13-15-7-5-4-6-8-15/h4-12,14H,13H2,1-3H3,(H2,24,25,26,27)/t14-/m1/s1. The Hall–Kier alpha value is -3.53. The molecule has 164 valence electrons. The Morgan fingerprint density at radius 2 is 1.72 bits per heavy atom. The van der Waals surface area contributed by atoms with Gasteiger partial charge in [-0.1, -0.05) is 42.1 Å². The van der Waals surface area contributed by atoms with E-state index in [9.17, 15) is 4.39 Å². The van der Waals surface area contributed by atoms with E-state index in [1.165, 1.54) is 23.9 Å². The lowest BCUT2D eigenvalue weighted by Gasteiger charge is -2.15. The van der Waals surface area contributed by atoms with E-state index in [1.807, 2.05) is 55.9 Å². The number of hydrogen-bond acceptors (Lipinski definition) is 8. The molecule has 1 atom stereocenters. The maximum Gasteiger partial charge on any atom is 0.229 e. The third-order valence-electron chi connectivity index (χ3n) is 4.71. The van der Waals surface area contributed by atoms with Crippen molar-refractivity contribution in [2.75, 3.05) is 24.7 Å². The minimum Gasteiger partial charge on any atom is -0.368 e. The van der Waals surface area contributed by atoms with E-state index in [1.54, 1.807) is 17.0 Å². The van der Waals surface area contributed by atoms with Gasteiger partial charge in [0.2, 0.25) is 11.9 Å². The molecule has 2 N–H and O–H groups in total. The van der Waals surface area contributed by atoms with Crippen LogP contribution in [-0.4, -0.2) is 43.8 Å². The zero-order valence-corrected chi connectivity index (χ0v) is 18.8. The highest BCUT2D eigenvalue weighted by Crippen LogP contribution is 2.35.